The van der Waals surface area contributed by atoms with Crippen molar-refractivity contribution in [2.45, 2.75) is 31.1 Å². The molecule has 1 aromatic carbocycles. The number of amides is 1. The van der Waals surface area contributed by atoms with E-state index in [0.717, 1.165) is 30.5 Å². The highest BCUT2D eigenvalue weighted by molar-refractivity contribution is 5.92. The number of hydrogen-bond donors (Lipinski definition) is 0. The summed E-state index contributed by atoms with van der Waals surface area (Å²) in [5.74, 6) is -1.94. The first kappa shape index (κ1) is 23.2. The Morgan fingerprint density at radius 2 is 1.76 bits per heavy atom. The van der Waals surface area contributed by atoms with Gasteiger partial charge in [-0.05, 0) is 43.2 Å². The van der Waals surface area contributed by atoms with Crippen molar-refractivity contribution < 1.29 is 22.4 Å². The van der Waals surface area contributed by atoms with Gasteiger partial charge in [-0.1, -0.05) is 6.58 Å². The average molecular weight is 512 g/mol. The Hall–Kier alpha value is -4.22. The molecule has 1 amide bonds. The van der Waals surface area contributed by atoms with E-state index in [4.69, 9.17) is 0 Å². The fourth-order valence-corrected chi connectivity index (χ4v) is 4.71. The molecule has 1 aliphatic carbocycles. The van der Waals surface area contributed by atoms with E-state index < -0.39 is 35.2 Å². The molecule has 4 heterocycles. The minimum atomic E-state index is -4.52. The minimum absolute atomic E-state index is 0.0729. The molecular weight excluding hydrogens is 492 g/mol. The highest BCUT2D eigenvalue weighted by atomic mass is 19.4. The van der Waals surface area contributed by atoms with Crippen LogP contribution in [0.2, 0.25) is 0 Å². The van der Waals surface area contributed by atoms with Crippen molar-refractivity contribution in [1.29, 1.82) is 0 Å². The Bertz CT molecular complexity index is 1600. The number of pyridine rings is 1. The summed E-state index contributed by atoms with van der Waals surface area (Å²) in [5.41, 5.74) is 0.972. The van der Waals surface area contributed by atoms with Crippen molar-refractivity contribution in [2.24, 2.45) is 0 Å². The summed E-state index contributed by atoms with van der Waals surface area (Å²) in [6.45, 7) is 3.18. The Morgan fingerprint density at radius 1 is 1.05 bits per heavy atom. The van der Waals surface area contributed by atoms with Crippen molar-refractivity contribution in [1.82, 2.24) is 28.8 Å². The first-order chi connectivity index (χ1) is 17.6. The first-order valence-electron chi connectivity index (χ1n) is 11.6. The maximum atomic E-state index is 13.8. The summed E-state index contributed by atoms with van der Waals surface area (Å²) in [6, 6.07) is 5.85. The van der Waals surface area contributed by atoms with E-state index in [1.54, 1.807) is 12.3 Å². The molecule has 2 fully saturated rings. The van der Waals surface area contributed by atoms with Gasteiger partial charge in [-0.3, -0.25) is 14.0 Å². The van der Waals surface area contributed by atoms with Crippen LogP contribution in [0.5, 0.6) is 0 Å². The number of benzene rings is 1. The van der Waals surface area contributed by atoms with Crippen LogP contribution in [0, 0.1) is 0 Å². The van der Waals surface area contributed by atoms with E-state index in [-0.39, 0.29) is 24.4 Å². The molecule has 0 bridgehead atoms. The van der Waals surface area contributed by atoms with Gasteiger partial charge in [-0.25, -0.2) is 18.7 Å². The number of carbonyl (C=O) groups excluding carboxylic acids is 1. The molecular formula is C25H20F4N6O2. The van der Waals surface area contributed by atoms with E-state index in [2.05, 4.69) is 16.7 Å². The normalized spacial score (nSPS) is 16.3. The number of aromatic nitrogens is 5. The minimum Gasteiger partial charge on any atom is -0.332 e. The number of alkyl halides is 3. The second-order valence-electron chi connectivity index (χ2n) is 9.27. The molecule has 1 saturated carbocycles. The lowest BCUT2D eigenvalue weighted by Gasteiger charge is -2.39. The van der Waals surface area contributed by atoms with Crippen molar-refractivity contribution in [3.05, 3.63) is 77.4 Å². The number of nitrogens with zero attached hydrogens (tertiary/aromatic N) is 6. The Balaban J connectivity index is 1.51. The second kappa shape index (κ2) is 8.15. The number of imidazole rings is 1. The summed E-state index contributed by atoms with van der Waals surface area (Å²) >= 11 is 0. The molecule has 8 nitrogen and oxygen atoms in total. The highest BCUT2D eigenvalue weighted by Gasteiger charge is 2.37. The summed E-state index contributed by atoms with van der Waals surface area (Å²) in [5, 5.41) is 4.44. The maximum Gasteiger partial charge on any atom is 0.416 e. The number of carbonyl (C=O) groups is 1. The zero-order valence-corrected chi connectivity index (χ0v) is 19.3. The van der Waals surface area contributed by atoms with Gasteiger partial charge >= 0.3 is 11.9 Å². The van der Waals surface area contributed by atoms with Crippen LogP contribution in [0.25, 0.3) is 28.0 Å². The van der Waals surface area contributed by atoms with E-state index in [9.17, 15) is 27.2 Å². The molecule has 2 aliphatic rings. The molecule has 190 valence electrons. The third kappa shape index (κ3) is 3.83. The number of likely N-dealkylation sites (tertiary alicyclic amines) is 1. The lowest BCUT2D eigenvalue weighted by molar-refractivity contribution is -0.137. The van der Waals surface area contributed by atoms with Crippen LogP contribution in [-0.4, -0.2) is 47.8 Å². The van der Waals surface area contributed by atoms with Gasteiger partial charge in [0.25, 0.3) is 5.91 Å². The van der Waals surface area contributed by atoms with E-state index in [1.807, 2.05) is 10.9 Å². The zero-order chi connectivity index (χ0) is 26.1. The number of halogens is 4. The number of rotatable bonds is 5. The van der Waals surface area contributed by atoms with Crippen LogP contribution in [0.1, 0.15) is 30.5 Å². The van der Waals surface area contributed by atoms with Gasteiger partial charge < -0.3 is 4.90 Å². The van der Waals surface area contributed by atoms with Crippen molar-refractivity contribution in [2.75, 3.05) is 13.1 Å². The zero-order valence-electron chi connectivity index (χ0n) is 19.3. The Labute approximate surface area is 207 Å². The molecule has 0 unspecified atom stereocenters. The quantitative estimate of drug-likeness (QED) is 0.296. The SMILES string of the molecule is C=C(F)C(=O)N1CC(n2c(=O)n(-c3ccc(C(F)(F)F)cc3)c3nccc(-c4cnn(C5CC5)c4)c32)C1. The fourth-order valence-electron chi connectivity index (χ4n) is 4.71. The molecule has 1 saturated heterocycles. The predicted octanol–water partition coefficient (Wildman–Crippen LogP) is 4.27. The van der Waals surface area contributed by atoms with Crippen molar-refractivity contribution >= 4 is 17.1 Å². The third-order valence-electron chi connectivity index (χ3n) is 6.79. The van der Waals surface area contributed by atoms with Gasteiger partial charge in [0, 0.05) is 36.6 Å². The standard InChI is InChI=1S/C25H20F4N6O2/c1-14(26)23(36)32-12-19(13-32)34-21-20(15-10-31-33(11-15)17-6-7-17)8-9-30-22(21)35(24(34)37)18-4-2-16(3-5-18)25(27,28)29/h2-5,8-11,17,19H,1,6-7,12-13H2. The topological polar surface area (TPSA) is 78.0 Å². The van der Waals surface area contributed by atoms with Crippen LogP contribution >= 0.6 is 0 Å². The van der Waals surface area contributed by atoms with Gasteiger partial charge in [0.1, 0.15) is 0 Å². The van der Waals surface area contributed by atoms with E-state index >= 15 is 0 Å². The van der Waals surface area contributed by atoms with Gasteiger partial charge in [0.05, 0.1) is 35.0 Å². The van der Waals surface area contributed by atoms with Crippen molar-refractivity contribution in [3.8, 4) is 16.8 Å². The Morgan fingerprint density at radius 3 is 2.38 bits per heavy atom. The molecule has 1 aliphatic heterocycles. The molecule has 37 heavy (non-hydrogen) atoms. The smallest absolute Gasteiger partial charge is 0.332 e. The van der Waals surface area contributed by atoms with Crippen LogP contribution in [0.15, 0.2) is 66.1 Å². The monoisotopic (exact) mass is 512 g/mol. The molecule has 0 spiro atoms. The third-order valence-corrected chi connectivity index (χ3v) is 6.79. The lowest BCUT2D eigenvalue weighted by atomic mass is 10.1. The summed E-state index contributed by atoms with van der Waals surface area (Å²) in [6.07, 6.45) is 2.66. The molecule has 0 atom stereocenters. The van der Waals surface area contributed by atoms with Gasteiger partial charge in [0.2, 0.25) is 0 Å². The first-order valence-corrected chi connectivity index (χ1v) is 11.6. The molecule has 6 rings (SSSR count). The number of fused-ring (bicyclic) bond motifs is 1. The molecule has 0 radical (unpaired) electrons. The molecule has 3 aromatic heterocycles. The van der Waals surface area contributed by atoms with Crippen molar-refractivity contribution in [3.63, 3.8) is 0 Å². The Kier molecular flexibility index (Phi) is 5.11. The fraction of sp³-hybridized carbons (Fsp3) is 0.280. The summed E-state index contributed by atoms with van der Waals surface area (Å²) in [7, 11) is 0. The molecule has 4 aromatic rings. The average Bonchev–Trinajstić information content (AvgIpc) is 3.49. The molecule has 0 N–H and O–H groups in total. The second-order valence-corrected chi connectivity index (χ2v) is 9.27. The van der Waals surface area contributed by atoms with Crippen LogP contribution in [0.3, 0.4) is 0 Å². The van der Waals surface area contributed by atoms with E-state index in [1.165, 1.54) is 32.4 Å². The summed E-state index contributed by atoms with van der Waals surface area (Å²) in [4.78, 5) is 31.4. The maximum absolute atomic E-state index is 13.8. The predicted molar refractivity (Wildman–Crippen MR) is 126 cm³/mol. The van der Waals surface area contributed by atoms with Gasteiger partial charge in [0.15, 0.2) is 11.5 Å². The lowest BCUT2D eigenvalue weighted by Crippen LogP contribution is -2.52. The van der Waals surface area contributed by atoms with Crippen LogP contribution in [0.4, 0.5) is 17.6 Å². The summed E-state index contributed by atoms with van der Waals surface area (Å²) < 4.78 is 57.3. The number of hydrogen-bond acceptors (Lipinski definition) is 4. The van der Waals surface area contributed by atoms with Crippen LogP contribution < -0.4 is 5.69 Å². The highest BCUT2D eigenvalue weighted by Crippen LogP contribution is 2.37. The van der Waals surface area contributed by atoms with E-state index in [0.29, 0.717) is 17.1 Å². The van der Waals surface area contributed by atoms with Gasteiger partial charge in [-0.15, -0.1) is 0 Å². The molecule has 12 heteroatoms. The largest absolute Gasteiger partial charge is 0.416 e. The van der Waals surface area contributed by atoms with Gasteiger partial charge in [-0.2, -0.15) is 18.3 Å². The van der Waals surface area contributed by atoms with Crippen LogP contribution in [-0.2, 0) is 11.0 Å².